The van der Waals surface area contributed by atoms with Gasteiger partial charge < -0.3 is 10.1 Å². The minimum atomic E-state index is -0.144. The van der Waals surface area contributed by atoms with E-state index < -0.39 is 0 Å². The first-order valence-corrected chi connectivity index (χ1v) is 10.8. The molecule has 0 spiro atoms. The zero-order valence-electron chi connectivity index (χ0n) is 17.3. The van der Waals surface area contributed by atoms with E-state index in [1.54, 1.807) is 7.11 Å². The van der Waals surface area contributed by atoms with Crippen molar-refractivity contribution in [3.8, 4) is 22.8 Å². The summed E-state index contributed by atoms with van der Waals surface area (Å²) in [6.45, 7) is 2.05. The van der Waals surface area contributed by atoms with Crippen LogP contribution in [0.3, 0.4) is 0 Å². The van der Waals surface area contributed by atoms with E-state index >= 15 is 0 Å². The number of nitrogens with one attached hydrogen (secondary N) is 1. The van der Waals surface area contributed by atoms with Crippen LogP contribution in [0.1, 0.15) is 5.56 Å². The minimum absolute atomic E-state index is 0.144. The lowest BCUT2D eigenvalue weighted by Gasteiger charge is -2.11. The number of amides is 1. The molecule has 0 unspecified atom stereocenters. The van der Waals surface area contributed by atoms with Gasteiger partial charge in [0.2, 0.25) is 5.91 Å². The maximum atomic E-state index is 12.6. The summed E-state index contributed by atoms with van der Waals surface area (Å²) in [7, 11) is 1.58. The first-order chi connectivity index (χ1) is 15.2. The number of anilines is 1. The van der Waals surface area contributed by atoms with E-state index in [0.717, 1.165) is 22.6 Å². The average Bonchev–Trinajstić information content (AvgIpc) is 3.23. The zero-order valence-corrected chi connectivity index (χ0v) is 18.1. The number of carbonyl (C=O) groups excluding carboxylic acids is 1. The van der Waals surface area contributed by atoms with Gasteiger partial charge in [-0.05, 0) is 37.3 Å². The minimum Gasteiger partial charge on any atom is -0.495 e. The SMILES string of the molecule is COc1ccccc1NC(=O)CSc1nnc(-c2cccc(C)c2)n1-c1ccccc1. The van der Waals surface area contributed by atoms with E-state index in [9.17, 15) is 4.79 Å². The normalized spacial score (nSPS) is 10.6. The second-order valence-corrected chi connectivity index (χ2v) is 7.83. The monoisotopic (exact) mass is 430 g/mol. The van der Waals surface area contributed by atoms with Crippen molar-refractivity contribution in [2.24, 2.45) is 0 Å². The Morgan fingerprint density at radius 2 is 1.77 bits per heavy atom. The van der Waals surface area contributed by atoms with Crippen LogP contribution in [-0.4, -0.2) is 33.5 Å². The summed E-state index contributed by atoms with van der Waals surface area (Å²) in [6.07, 6.45) is 0. The Kier molecular flexibility index (Phi) is 6.33. The van der Waals surface area contributed by atoms with Gasteiger partial charge in [0.05, 0.1) is 18.6 Å². The van der Waals surface area contributed by atoms with Gasteiger partial charge in [0, 0.05) is 11.3 Å². The number of carbonyl (C=O) groups is 1. The summed E-state index contributed by atoms with van der Waals surface area (Å²) in [5, 5.41) is 12.4. The highest BCUT2D eigenvalue weighted by Crippen LogP contribution is 2.29. The highest BCUT2D eigenvalue weighted by atomic mass is 32.2. The molecule has 1 N–H and O–H groups in total. The van der Waals surface area contributed by atoms with E-state index in [2.05, 4.69) is 21.6 Å². The number of nitrogens with zero attached hydrogens (tertiary/aromatic N) is 3. The number of hydrogen-bond acceptors (Lipinski definition) is 5. The van der Waals surface area contributed by atoms with Gasteiger partial charge in [-0.15, -0.1) is 10.2 Å². The molecule has 0 radical (unpaired) electrons. The van der Waals surface area contributed by atoms with Crippen LogP contribution in [0.2, 0.25) is 0 Å². The topological polar surface area (TPSA) is 69.0 Å². The molecule has 0 bridgehead atoms. The van der Waals surface area contributed by atoms with Gasteiger partial charge in [0.15, 0.2) is 11.0 Å². The molecule has 0 saturated heterocycles. The molecule has 0 aliphatic rings. The Labute approximate surface area is 185 Å². The fraction of sp³-hybridized carbons (Fsp3) is 0.125. The highest BCUT2D eigenvalue weighted by Gasteiger charge is 2.17. The molecule has 0 aliphatic heterocycles. The Morgan fingerprint density at radius 1 is 1.00 bits per heavy atom. The van der Waals surface area contributed by atoms with Gasteiger partial charge in [0.25, 0.3) is 0 Å². The van der Waals surface area contributed by atoms with Crippen LogP contribution in [0.15, 0.2) is 84.0 Å². The van der Waals surface area contributed by atoms with E-state index in [1.807, 2.05) is 84.3 Å². The lowest BCUT2D eigenvalue weighted by atomic mass is 10.1. The molecule has 4 aromatic rings. The second-order valence-electron chi connectivity index (χ2n) is 6.88. The molecule has 1 aromatic heterocycles. The molecule has 1 heterocycles. The third-order valence-corrected chi connectivity index (χ3v) is 5.57. The first kappa shape index (κ1) is 20.7. The predicted molar refractivity (Wildman–Crippen MR) is 124 cm³/mol. The average molecular weight is 431 g/mol. The van der Waals surface area contributed by atoms with Crippen LogP contribution < -0.4 is 10.1 Å². The molecule has 0 saturated carbocycles. The van der Waals surface area contributed by atoms with Gasteiger partial charge in [-0.3, -0.25) is 9.36 Å². The molecule has 0 atom stereocenters. The number of ether oxygens (including phenoxy) is 1. The number of aromatic nitrogens is 3. The van der Waals surface area contributed by atoms with Crippen LogP contribution in [0.5, 0.6) is 5.75 Å². The van der Waals surface area contributed by atoms with E-state index in [1.165, 1.54) is 11.8 Å². The number of hydrogen-bond donors (Lipinski definition) is 1. The summed E-state index contributed by atoms with van der Waals surface area (Å²) in [5.74, 6) is 1.41. The van der Waals surface area contributed by atoms with Gasteiger partial charge in [-0.2, -0.15) is 0 Å². The van der Waals surface area contributed by atoms with Gasteiger partial charge in [-0.1, -0.05) is 65.9 Å². The highest BCUT2D eigenvalue weighted by molar-refractivity contribution is 7.99. The fourth-order valence-electron chi connectivity index (χ4n) is 3.21. The lowest BCUT2D eigenvalue weighted by molar-refractivity contribution is -0.113. The predicted octanol–water partition coefficient (Wildman–Crippen LogP) is 4.98. The van der Waals surface area contributed by atoms with Gasteiger partial charge in [0.1, 0.15) is 5.75 Å². The van der Waals surface area contributed by atoms with Crippen molar-refractivity contribution in [2.75, 3.05) is 18.2 Å². The third kappa shape index (κ3) is 4.78. The Bertz CT molecular complexity index is 1190. The van der Waals surface area contributed by atoms with E-state index in [-0.39, 0.29) is 11.7 Å². The first-order valence-electron chi connectivity index (χ1n) is 9.79. The molecule has 6 nitrogen and oxygen atoms in total. The molecule has 4 rings (SSSR count). The van der Waals surface area contributed by atoms with Crippen molar-refractivity contribution in [2.45, 2.75) is 12.1 Å². The summed E-state index contributed by atoms with van der Waals surface area (Å²) >= 11 is 1.34. The van der Waals surface area contributed by atoms with Crippen LogP contribution in [0.4, 0.5) is 5.69 Å². The maximum Gasteiger partial charge on any atom is 0.234 e. The van der Waals surface area contributed by atoms with Crippen LogP contribution in [-0.2, 0) is 4.79 Å². The summed E-state index contributed by atoms with van der Waals surface area (Å²) < 4.78 is 7.28. The van der Waals surface area contributed by atoms with E-state index in [0.29, 0.717) is 16.6 Å². The van der Waals surface area contributed by atoms with Crippen molar-refractivity contribution in [1.29, 1.82) is 0 Å². The van der Waals surface area contributed by atoms with Gasteiger partial charge in [-0.25, -0.2) is 0 Å². The molecule has 156 valence electrons. The number of para-hydroxylation sites is 3. The molecular weight excluding hydrogens is 408 g/mol. The Hall–Kier alpha value is -3.58. The lowest BCUT2D eigenvalue weighted by Crippen LogP contribution is -2.15. The van der Waals surface area contributed by atoms with E-state index in [4.69, 9.17) is 4.74 Å². The summed E-state index contributed by atoms with van der Waals surface area (Å²) in [6, 6.07) is 25.4. The van der Waals surface area contributed by atoms with Crippen LogP contribution >= 0.6 is 11.8 Å². The zero-order chi connectivity index (χ0) is 21.6. The van der Waals surface area contributed by atoms with Crippen LogP contribution in [0.25, 0.3) is 17.1 Å². The molecule has 3 aromatic carbocycles. The number of benzene rings is 3. The summed E-state index contributed by atoms with van der Waals surface area (Å²) in [5.41, 5.74) is 3.70. The molecule has 1 amide bonds. The maximum absolute atomic E-state index is 12.6. The molecule has 0 fully saturated rings. The van der Waals surface area contributed by atoms with Crippen molar-refractivity contribution < 1.29 is 9.53 Å². The second kappa shape index (κ2) is 9.49. The largest absolute Gasteiger partial charge is 0.495 e. The smallest absolute Gasteiger partial charge is 0.234 e. The Morgan fingerprint density at radius 3 is 2.55 bits per heavy atom. The van der Waals surface area contributed by atoms with Crippen LogP contribution in [0, 0.1) is 6.92 Å². The molecule has 7 heteroatoms. The van der Waals surface area contributed by atoms with Crippen molar-refractivity contribution in [1.82, 2.24) is 14.8 Å². The molecule has 0 aliphatic carbocycles. The quantitative estimate of drug-likeness (QED) is 0.419. The van der Waals surface area contributed by atoms with Crippen molar-refractivity contribution in [3.63, 3.8) is 0 Å². The molecule has 31 heavy (non-hydrogen) atoms. The molecular formula is C24H22N4O2S. The van der Waals surface area contributed by atoms with Crippen molar-refractivity contribution in [3.05, 3.63) is 84.4 Å². The van der Waals surface area contributed by atoms with Crippen molar-refractivity contribution >= 4 is 23.4 Å². The number of rotatable bonds is 7. The number of aryl methyl sites for hydroxylation is 1. The number of thioether (sulfide) groups is 1. The third-order valence-electron chi connectivity index (χ3n) is 4.64. The fourth-order valence-corrected chi connectivity index (χ4v) is 3.96. The van der Waals surface area contributed by atoms with Gasteiger partial charge >= 0.3 is 0 Å². The number of methoxy groups -OCH3 is 1. The Balaban J connectivity index is 1.59. The standard InChI is InChI=1S/C24H22N4O2S/c1-17-9-8-10-18(15-17)23-26-27-24(28(23)19-11-4-3-5-12-19)31-16-22(29)25-20-13-6-7-14-21(20)30-2/h3-15H,16H2,1-2H3,(H,25,29). The summed E-state index contributed by atoms with van der Waals surface area (Å²) in [4.78, 5) is 12.6.